The average Bonchev–Trinajstić information content (AvgIpc) is 3.41. The molecule has 4 aromatic rings. The third-order valence-corrected chi connectivity index (χ3v) is 5.40. The van der Waals surface area contributed by atoms with Crippen LogP contribution in [0.3, 0.4) is 0 Å². The molecule has 0 aliphatic carbocycles. The largest absolute Gasteiger partial charge is 0.496 e. The number of methoxy groups -OCH3 is 1. The van der Waals surface area contributed by atoms with Crippen molar-refractivity contribution in [3.63, 3.8) is 0 Å². The molecule has 5 rings (SSSR count). The van der Waals surface area contributed by atoms with Gasteiger partial charge in [-0.15, -0.1) is 0 Å². The molecule has 1 N–H and O–H groups in total. The monoisotopic (exact) mass is 386 g/mol. The third kappa shape index (κ3) is 3.43. The van der Waals surface area contributed by atoms with Gasteiger partial charge in [-0.1, -0.05) is 41.6 Å². The number of nitrogens with zero attached hydrogens (tertiary/aromatic N) is 3. The van der Waals surface area contributed by atoms with E-state index in [1.165, 1.54) is 22.0 Å². The van der Waals surface area contributed by atoms with Crippen LogP contribution >= 0.6 is 0 Å². The molecule has 1 aliphatic rings. The number of hydrogen-bond acceptors (Lipinski definition) is 5. The van der Waals surface area contributed by atoms with Gasteiger partial charge in [-0.25, -0.2) is 0 Å². The fourth-order valence-corrected chi connectivity index (χ4v) is 3.89. The first-order valence-corrected chi connectivity index (χ1v) is 9.75. The van der Waals surface area contributed by atoms with Crippen LogP contribution in [0.1, 0.15) is 17.9 Å². The van der Waals surface area contributed by atoms with E-state index < -0.39 is 0 Å². The van der Waals surface area contributed by atoms with Gasteiger partial charge in [-0.2, -0.15) is 4.98 Å². The highest BCUT2D eigenvalue weighted by Gasteiger charge is 2.19. The minimum Gasteiger partial charge on any atom is -0.496 e. The molecule has 0 spiro atoms. The van der Waals surface area contributed by atoms with Gasteiger partial charge in [0.15, 0.2) is 0 Å². The van der Waals surface area contributed by atoms with E-state index in [1.54, 1.807) is 7.11 Å². The Morgan fingerprint density at radius 1 is 1.10 bits per heavy atom. The van der Waals surface area contributed by atoms with Gasteiger partial charge in [-0.05, 0) is 30.2 Å². The van der Waals surface area contributed by atoms with E-state index in [4.69, 9.17) is 9.26 Å². The topological polar surface area (TPSA) is 67.2 Å². The van der Waals surface area contributed by atoms with E-state index >= 15 is 0 Å². The maximum absolute atomic E-state index is 5.49. The van der Waals surface area contributed by atoms with Crippen molar-refractivity contribution in [2.45, 2.75) is 13.0 Å². The SMILES string of the molecule is COc1ccccc1-c1noc(CN2CC=C(c3c[nH]c4ccccc34)CC2)n1. The number of aromatic amines is 1. The first kappa shape index (κ1) is 17.7. The van der Waals surface area contributed by atoms with Crippen LogP contribution in [0, 0.1) is 0 Å². The van der Waals surface area contributed by atoms with Crippen LogP contribution in [-0.4, -0.2) is 40.2 Å². The van der Waals surface area contributed by atoms with Crippen LogP contribution in [0.2, 0.25) is 0 Å². The number of hydrogen-bond donors (Lipinski definition) is 1. The van der Waals surface area contributed by atoms with Gasteiger partial charge in [0.05, 0.1) is 19.2 Å². The minimum absolute atomic E-state index is 0.560. The molecular formula is C23H22N4O2. The van der Waals surface area contributed by atoms with Crippen LogP contribution in [-0.2, 0) is 6.54 Å². The van der Waals surface area contributed by atoms with Crippen molar-refractivity contribution in [1.29, 1.82) is 0 Å². The summed E-state index contributed by atoms with van der Waals surface area (Å²) < 4.78 is 10.9. The Bertz CT molecular complexity index is 1170. The molecule has 2 aromatic heterocycles. The summed E-state index contributed by atoms with van der Waals surface area (Å²) in [4.78, 5) is 10.3. The van der Waals surface area contributed by atoms with Crippen LogP contribution in [0.15, 0.2) is 65.3 Å². The second kappa shape index (κ2) is 7.56. The molecule has 0 bridgehead atoms. The number of para-hydroxylation sites is 2. The number of benzene rings is 2. The first-order chi connectivity index (χ1) is 14.3. The Labute approximate surface area is 168 Å². The van der Waals surface area contributed by atoms with Crippen molar-refractivity contribution in [2.24, 2.45) is 0 Å². The highest BCUT2D eigenvalue weighted by molar-refractivity contribution is 5.92. The Balaban J connectivity index is 1.29. The van der Waals surface area contributed by atoms with Gasteiger partial charge in [0.25, 0.3) is 0 Å². The Morgan fingerprint density at radius 3 is 2.83 bits per heavy atom. The number of rotatable bonds is 5. The number of aromatic nitrogens is 3. The zero-order valence-corrected chi connectivity index (χ0v) is 16.3. The van der Waals surface area contributed by atoms with E-state index in [-0.39, 0.29) is 0 Å². The molecule has 0 atom stereocenters. The molecule has 146 valence electrons. The van der Waals surface area contributed by atoms with Crippen LogP contribution in [0.25, 0.3) is 27.9 Å². The second-order valence-corrected chi connectivity index (χ2v) is 7.17. The summed E-state index contributed by atoms with van der Waals surface area (Å²) in [5.74, 6) is 1.92. The fourth-order valence-electron chi connectivity index (χ4n) is 3.89. The lowest BCUT2D eigenvalue weighted by Gasteiger charge is -2.24. The van der Waals surface area contributed by atoms with Crippen LogP contribution in [0.5, 0.6) is 5.75 Å². The summed E-state index contributed by atoms with van der Waals surface area (Å²) in [6.07, 6.45) is 5.41. The standard InChI is InChI=1S/C23H22N4O2/c1-28-21-9-5-3-7-18(21)23-25-22(29-26-23)15-27-12-10-16(11-13-27)19-14-24-20-8-4-2-6-17(19)20/h2-10,14,24H,11-13,15H2,1H3. The lowest BCUT2D eigenvalue weighted by molar-refractivity contribution is 0.245. The maximum atomic E-state index is 5.49. The normalized spacial score (nSPS) is 14.9. The van der Waals surface area contributed by atoms with E-state index in [1.807, 2.05) is 24.3 Å². The van der Waals surface area contributed by atoms with Gasteiger partial charge >= 0.3 is 0 Å². The molecule has 0 fully saturated rings. The maximum Gasteiger partial charge on any atom is 0.241 e. The molecule has 1 aliphatic heterocycles. The van der Waals surface area contributed by atoms with Crippen molar-refractivity contribution in [3.8, 4) is 17.1 Å². The zero-order valence-electron chi connectivity index (χ0n) is 16.3. The van der Waals surface area contributed by atoms with Gasteiger partial charge in [-0.3, -0.25) is 4.90 Å². The number of H-pyrrole nitrogens is 1. The highest BCUT2D eigenvalue weighted by atomic mass is 16.5. The first-order valence-electron chi connectivity index (χ1n) is 9.75. The molecule has 29 heavy (non-hydrogen) atoms. The lowest BCUT2D eigenvalue weighted by Crippen LogP contribution is -2.28. The molecular weight excluding hydrogens is 364 g/mol. The molecule has 6 heteroatoms. The highest BCUT2D eigenvalue weighted by Crippen LogP contribution is 2.30. The van der Waals surface area contributed by atoms with Crippen LogP contribution < -0.4 is 4.74 Å². The van der Waals surface area contributed by atoms with E-state index in [0.717, 1.165) is 30.8 Å². The van der Waals surface area contributed by atoms with E-state index in [0.29, 0.717) is 18.3 Å². The van der Waals surface area contributed by atoms with Gasteiger partial charge in [0.1, 0.15) is 5.75 Å². The molecule has 6 nitrogen and oxygen atoms in total. The fraction of sp³-hybridized carbons (Fsp3) is 0.217. The predicted molar refractivity (Wildman–Crippen MR) is 112 cm³/mol. The lowest BCUT2D eigenvalue weighted by atomic mass is 9.99. The summed E-state index contributed by atoms with van der Waals surface area (Å²) in [7, 11) is 1.64. The van der Waals surface area contributed by atoms with E-state index in [2.05, 4.69) is 56.6 Å². The molecule has 0 saturated carbocycles. The van der Waals surface area contributed by atoms with Gasteiger partial charge < -0.3 is 14.2 Å². The van der Waals surface area contributed by atoms with Gasteiger partial charge in [0, 0.05) is 35.8 Å². The molecule has 0 saturated heterocycles. The molecule has 0 unspecified atom stereocenters. The van der Waals surface area contributed by atoms with Crippen molar-refractivity contribution in [1.82, 2.24) is 20.0 Å². The second-order valence-electron chi connectivity index (χ2n) is 7.17. The number of nitrogens with one attached hydrogen (secondary N) is 1. The smallest absolute Gasteiger partial charge is 0.241 e. The summed E-state index contributed by atoms with van der Waals surface area (Å²) >= 11 is 0. The number of ether oxygens (including phenoxy) is 1. The quantitative estimate of drug-likeness (QED) is 0.546. The number of fused-ring (bicyclic) bond motifs is 1. The summed E-state index contributed by atoms with van der Waals surface area (Å²) in [6.45, 7) is 2.46. The summed E-state index contributed by atoms with van der Waals surface area (Å²) in [6, 6.07) is 16.1. The summed E-state index contributed by atoms with van der Waals surface area (Å²) in [5.41, 5.74) is 4.71. The average molecular weight is 386 g/mol. The van der Waals surface area contributed by atoms with Crippen molar-refractivity contribution >= 4 is 16.5 Å². The molecule has 0 amide bonds. The zero-order chi connectivity index (χ0) is 19.6. The Morgan fingerprint density at radius 2 is 1.97 bits per heavy atom. The predicted octanol–water partition coefficient (Wildman–Crippen LogP) is 4.52. The van der Waals surface area contributed by atoms with Crippen LogP contribution in [0.4, 0.5) is 0 Å². The minimum atomic E-state index is 0.560. The molecule has 3 heterocycles. The molecule has 0 radical (unpaired) electrons. The Kier molecular flexibility index (Phi) is 4.62. The van der Waals surface area contributed by atoms with Gasteiger partial charge in [0.2, 0.25) is 11.7 Å². The van der Waals surface area contributed by atoms with Crippen molar-refractivity contribution in [2.75, 3.05) is 20.2 Å². The Hall–Kier alpha value is -3.38. The molecule has 2 aromatic carbocycles. The van der Waals surface area contributed by atoms with Crippen molar-refractivity contribution < 1.29 is 9.26 Å². The van der Waals surface area contributed by atoms with E-state index in [9.17, 15) is 0 Å². The summed E-state index contributed by atoms with van der Waals surface area (Å²) in [5, 5.41) is 5.42. The van der Waals surface area contributed by atoms with Crippen molar-refractivity contribution in [3.05, 3.63) is 72.3 Å². The third-order valence-electron chi connectivity index (χ3n) is 5.40.